The van der Waals surface area contributed by atoms with E-state index < -0.39 is 34.3 Å². The Balaban J connectivity index is 2.32. The smallest absolute Gasteiger partial charge is 0.304 e. The van der Waals surface area contributed by atoms with Crippen molar-refractivity contribution in [1.82, 2.24) is 4.31 Å². The Morgan fingerprint density at radius 3 is 2.35 bits per heavy atom. The minimum Gasteiger partial charge on any atom is -0.322 e. The largest absolute Gasteiger partial charge is 0.322 e. The number of nitrogens with zero attached hydrogens (tertiary/aromatic N) is 2. The van der Waals surface area contributed by atoms with E-state index in [0.717, 1.165) is 16.4 Å². The number of rotatable bonds is 6. The van der Waals surface area contributed by atoms with Crippen molar-refractivity contribution in [3.63, 3.8) is 0 Å². The number of carbonyl (C=O) groups excluding carboxylic acids is 1. The van der Waals surface area contributed by atoms with E-state index in [9.17, 15) is 22.0 Å². The molecule has 0 bridgehead atoms. The molecule has 0 radical (unpaired) electrons. The van der Waals surface area contributed by atoms with Crippen molar-refractivity contribution in [1.29, 1.82) is 0 Å². The third-order valence-electron chi connectivity index (χ3n) is 3.35. The van der Waals surface area contributed by atoms with Gasteiger partial charge in [0.05, 0.1) is 11.4 Å². The molecule has 0 atom stereocenters. The zero-order chi connectivity index (χ0) is 19.5. The molecule has 0 aliphatic rings. The molecular formula is C16H16BrF2N3O3S. The fourth-order valence-electron chi connectivity index (χ4n) is 2.05. The number of amides is 1. The zero-order valence-corrected chi connectivity index (χ0v) is 16.3. The van der Waals surface area contributed by atoms with E-state index in [1.165, 1.54) is 44.4 Å². The van der Waals surface area contributed by atoms with Gasteiger partial charge in [0.1, 0.15) is 18.2 Å². The normalized spacial score (nSPS) is 11.5. The zero-order valence-electron chi connectivity index (χ0n) is 13.9. The molecule has 0 heterocycles. The predicted molar refractivity (Wildman–Crippen MR) is 99.1 cm³/mol. The van der Waals surface area contributed by atoms with Crippen LogP contribution in [0.15, 0.2) is 46.9 Å². The summed E-state index contributed by atoms with van der Waals surface area (Å²) in [5.41, 5.74) is -0.401. The molecule has 2 aromatic rings. The van der Waals surface area contributed by atoms with Crippen LogP contribution in [0.2, 0.25) is 0 Å². The topological polar surface area (TPSA) is 69.7 Å². The van der Waals surface area contributed by atoms with E-state index in [2.05, 4.69) is 21.2 Å². The first-order valence-electron chi connectivity index (χ1n) is 7.32. The van der Waals surface area contributed by atoms with Crippen molar-refractivity contribution in [2.75, 3.05) is 30.3 Å². The number of para-hydroxylation sites is 1. The third-order valence-corrected chi connectivity index (χ3v) is 5.65. The lowest BCUT2D eigenvalue weighted by Crippen LogP contribution is -2.44. The summed E-state index contributed by atoms with van der Waals surface area (Å²) in [6, 6.07) is 9.17. The van der Waals surface area contributed by atoms with E-state index in [1.54, 1.807) is 0 Å². The van der Waals surface area contributed by atoms with Crippen LogP contribution in [0.25, 0.3) is 0 Å². The number of anilines is 2. The second kappa shape index (κ2) is 8.11. The van der Waals surface area contributed by atoms with Crippen LogP contribution in [0.3, 0.4) is 0 Å². The highest BCUT2D eigenvalue weighted by molar-refractivity contribution is 9.10. The molecular weight excluding hydrogens is 432 g/mol. The van der Waals surface area contributed by atoms with E-state index in [4.69, 9.17) is 0 Å². The quantitative estimate of drug-likeness (QED) is 0.739. The van der Waals surface area contributed by atoms with Crippen LogP contribution in [0.1, 0.15) is 0 Å². The Morgan fingerprint density at radius 1 is 1.12 bits per heavy atom. The lowest BCUT2D eigenvalue weighted by molar-refractivity contribution is -0.114. The molecule has 0 aromatic heterocycles. The van der Waals surface area contributed by atoms with Crippen molar-refractivity contribution < 1.29 is 22.0 Å². The summed E-state index contributed by atoms with van der Waals surface area (Å²) in [7, 11) is -1.64. The summed E-state index contributed by atoms with van der Waals surface area (Å²) in [6.45, 7) is -0.725. The lowest BCUT2D eigenvalue weighted by atomic mass is 10.3. The number of hydrogen-bond donors (Lipinski definition) is 1. The summed E-state index contributed by atoms with van der Waals surface area (Å²) >= 11 is 3.10. The van der Waals surface area contributed by atoms with Gasteiger partial charge in [-0.25, -0.2) is 13.1 Å². The van der Waals surface area contributed by atoms with Crippen LogP contribution in [0.5, 0.6) is 0 Å². The van der Waals surface area contributed by atoms with Gasteiger partial charge in [-0.1, -0.05) is 28.1 Å². The van der Waals surface area contributed by atoms with Gasteiger partial charge in [0.2, 0.25) is 5.91 Å². The molecule has 0 spiro atoms. The molecule has 2 aromatic carbocycles. The molecule has 0 unspecified atom stereocenters. The number of benzene rings is 2. The average molecular weight is 448 g/mol. The minimum absolute atomic E-state index is 0.117. The number of nitrogens with one attached hydrogen (secondary N) is 1. The van der Waals surface area contributed by atoms with Gasteiger partial charge in [-0.15, -0.1) is 0 Å². The molecule has 0 saturated carbocycles. The molecule has 0 fully saturated rings. The Kier molecular flexibility index (Phi) is 6.32. The maximum Gasteiger partial charge on any atom is 0.304 e. The molecule has 0 saturated heterocycles. The van der Waals surface area contributed by atoms with E-state index >= 15 is 0 Å². The first kappa shape index (κ1) is 20.3. The molecule has 140 valence electrons. The van der Waals surface area contributed by atoms with Crippen LogP contribution in [-0.4, -0.2) is 39.3 Å². The number of halogens is 3. The number of carbonyl (C=O) groups is 1. The van der Waals surface area contributed by atoms with Crippen LogP contribution < -0.4 is 9.62 Å². The second-order valence-corrected chi connectivity index (χ2v) is 8.40. The fraction of sp³-hybridized carbons (Fsp3) is 0.188. The van der Waals surface area contributed by atoms with Crippen molar-refractivity contribution in [2.24, 2.45) is 0 Å². The molecule has 6 nitrogen and oxygen atoms in total. The molecule has 1 amide bonds. The second-order valence-electron chi connectivity index (χ2n) is 5.42. The van der Waals surface area contributed by atoms with Gasteiger partial charge < -0.3 is 5.32 Å². The Labute approximate surface area is 158 Å². The SMILES string of the molecule is CN(C)S(=O)(=O)N(CC(=O)Nc1ccc(Br)cc1F)c1ccccc1F. The van der Waals surface area contributed by atoms with E-state index in [1.807, 2.05) is 0 Å². The predicted octanol–water partition coefficient (Wildman–Crippen LogP) is 2.98. The van der Waals surface area contributed by atoms with Crippen LogP contribution in [-0.2, 0) is 15.0 Å². The van der Waals surface area contributed by atoms with Gasteiger partial charge in [0.25, 0.3) is 0 Å². The summed E-state index contributed by atoms with van der Waals surface area (Å²) in [6.07, 6.45) is 0. The highest BCUT2D eigenvalue weighted by Gasteiger charge is 2.29. The maximum atomic E-state index is 14.1. The standard InChI is InChI=1S/C16H16BrF2N3O3S/c1-21(2)26(24,25)22(15-6-4-3-5-12(15)18)10-16(23)20-14-8-7-11(17)9-13(14)19/h3-9H,10H2,1-2H3,(H,20,23). The summed E-state index contributed by atoms with van der Waals surface area (Å²) in [4.78, 5) is 12.3. The lowest BCUT2D eigenvalue weighted by Gasteiger charge is -2.27. The Bertz CT molecular complexity index is 923. The minimum atomic E-state index is -4.15. The summed E-state index contributed by atoms with van der Waals surface area (Å²) in [5, 5.41) is 2.29. The van der Waals surface area contributed by atoms with Gasteiger partial charge >= 0.3 is 10.2 Å². The van der Waals surface area contributed by atoms with Crippen molar-refractivity contribution in [2.45, 2.75) is 0 Å². The van der Waals surface area contributed by atoms with Gasteiger partial charge in [-0.3, -0.25) is 4.79 Å². The Hall–Kier alpha value is -2.04. The maximum absolute atomic E-state index is 14.1. The highest BCUT2D eigenvalue weighted by atomic mass is 79.9. The van der Waals surface area contributed by atoms with E-state index in [0.29, 0.717) is 8.78 Å². The Morgan fingerprint density at radius 2 is 1.77 bits per heavy atom. The fourth-order valence-corrected chi connectivity index (χ4v) is 3.46. The van der Waals surface area contributed by atoms with Crippen LogP contribution in [0.4, 0.5) is 20.2 Å². The molecule has 2 rings (SSSR count). The van der Waals surface area contributed by atoms with Crippen LogP contribution in [0, 0.1) is 11.6 Å². The first-order chi connectivity index (χ1) is 12.1. The third kappa shape index (κ3) is 4.57. The number of hydrogen-bond acceptors (Lipinski definition) is 3. The van der Waals surface area contributed by atoms with Crippen molar-refractivity contribution in [3.05, 3.63) is 58.6 Å². The van der Waals surface area contributed by atoms with Crippen molar-refractivity contribution in [3.8, 4) is 0 Å². The first-order valence-corrected chi connectivity index (χ1v) is 9.51. The molecule has 1 N–H and O–H groups in total. The molecule has 0 aliphatic heterocycles. The summed E-state index contributed by atoms with van der Waals surface area (Å²) < 4.78 is 54.9. The summed E-state index contributed by atoms with van der Waals surface area (Å²) in [5.74, 6) is -2.32. The van der Waals surface area contributed by atoms with Gasteiger partial charge in [0, 0.05) is 18.6 Å². The van der Waals surface area contributed by atoms with Crippen LogP contribution >= 0.6 is 15.9 Å². The highest BCUT2D eigenvalue weighted by Crippen LogP contribution is 2.24. The monoisotopic (exact) mass is 447 g/mol. The van der Waals surface area contributed by atoms with E-state index in [-0.39, 0.29) is 11.4 Å². The van der Waals surface area contributed by atoms with Gasteiger partial charge in [-0.05, 0) is 30.3 Å². The van der Waals surface area contributed by atoms with Gasteiger partial charge in [-0.2, -0.15) is 12.7 Å². The van der Waals surface area contributed by atoms with Gasteiger partial charge in [0.15, 0.2) is 0 Å². The van der Waals surface area contributed by atoms with Crippen molar-refractivity contribution >= 4 is 43.4 Å². The molecule has 0 aliphatic carbocycles. The molecule has 10 heteroatoms. The molecule has 26 heavy (non-hydrogen) atoms. The average Bonchev–Trinajstić information content (AvgIpc) is 2.56.